The summed E-state index contributed by atoms with van der Waals surface area (Å²) in [6.07, 6.45) is 0. The van der Waals surface area contributed by atoms with Crippen molar-refractivity contribution >= 4 is 5.97 Å². The van der Waals surface area contributed by atoms with Crippen LogP contribution in [0.2, 0.25) is 0 Å². The Kier molecular flexibility index (Phi) is 3.22. The van der Waals surface area contributed by atoms with Crippen LogP contribution >= 0.6 is 0 Å². The summed E-state index contributed by atoms with van der Waals surface area (Å²) in [6, 6.07) is 4.85. The summed E-state index contributed by atoms with van der Waals surface area (Å²) in [6.45, 7) is 1.34. The first-order valence-corrected chi connectivity index (χ1v) is 3.70. The van der Waals surface area contributed by atoms with Gasteiger partial charge in [0.1, 0.15) is 6.73 Å². The standard InChI is InChI=1S/C8H10N2O3/c1-6(11)13-8-4-2-3-7(10-8)12-5-9/h2-4H,5,9H2,1H3. The molecule has 13 heavy (non-hydrogen) atoms. The van der Waals surface area contributed by atoms with Crippen LogP contribution in [0.3, 0.4) is 0 Å². The average Bonchev–Trinajstić information content (AvgIpc) is 2.04. The molecule has 0 radical (unpaired) electrons. The number of pyridine rings is 1. The maximum Gasteiger partial charge on any atom is 0.309 e. The van der Waals surface area contributed by atoms with Crippen molar-refractivity contribution in [2.24, 2.45) is 5.73 Å². The molecule has 0 fully saturated rings. The second-order valence-corrected chi connectivity index (χ2v) is 2.22. The molecule has 5 nitrogen and oxygen atoms in total. The lowest BCUT2D eigenvalue weighted by Crippen LogP contribution is -2.09. The Hall–Kier alpha value is -1.62. The van der Waals surface area contributed by atoms with Crippen molar-refractivity contribution in [3.05, 3.63) is 18.2 Å². The molecule has 0 amide bonds. The number of nitrogens with two attached hydrogens (primary N) is 1. The SMILES string of the molecule is CC(=O)Oc1cccc(OCN)n1. The largest absolute Gasteiger partial charge is 0.462 e. The van der Waals surface area contributed by atoms with Gasteiger partial charge in [0.2, 0.25) is 11.8 Å². The third-order valence-corrected chi connectivity index (χ3v) is 1.18. The highest BCUT2D eigenvalue weighted by atomic mass is 16.5. The number of nitrogens with zero attached hydrogens (tertiary/aromatic N) is 1. The fourth-order valence-corrected chi connectivity index (χ4v) is 0.766. The van der Waals surface area contributed by atoms with E-state index < -0.39 is 5.97 Å². The van der Waals surface area contributed by atoms with Gasteiger partial charge in [0, 0.05) is 19.1 Å². The van der Waals surface area contributed by atoms with Crippen molar-refractivity contribution in [2.75, 3.05) is 6.73 Å². The Bertz CT molecular complexity index is 301. The zero-order valence-corrected chi connectivity index (χ0v) is 7.19. The number of esters is 1. The molecule has 1 aromatic rings. The molecule has 1 heterocycles. The van der Waals surface area contributed by atoms with Crippen molar-refractivity contribution in [3.63, 3.8) is 0 Å². The van der Waals surface area contributed by atoms with Crippen LogP contribution in [-0.4, -0.2) is 17.7 Å². The molecule has 5 heteroatoms. The first-order chi connectivity index (χ1) is 6.22. The number of carbonyl (C=O) groups is 1. The van der Waals surface area contributed by atoms with Gasteiger partial charge in [-0.3, -0.25) is 10.5 Å². The van der Waals surface area contributed by atoms with Crippen LogP contribution in [0.15, 0.2) is 18.2 Å². The number of rotatable bonds is 3. The zero-order chi connectivity index (χ0) is 9.68. The van der Waals surface area contributed by atoms with E-state index in [9.17, 15) is 4.79 Å². The number of aromatic nitrogens is 1. The number of carbonyl (C=O) groups excluding carboxylic acids is 1. The molecule has 0 spiro atoms. The van der Waals surface area contributed by atoms with Crippen molar-refractivity contribution in [3.8, 4) is 11.8 Å². The molecular formula is C8H10N2O3. The lowest BCUT2D eigenvalue weighted by atomic mass is 10.5. The molecule has 0 bridgehead atoms. The average molecular weight is 182 g/mol. The normalized spacial score (nSPS) is 9.38. The minimum Gasteiger partial charge on any atom is -0.462 e. The topological polar surface area (TPSA) is 74.4 Å². The number of hydrogen-bond donors (Lipinski definition) is 1. The summed E-state index contributed by atoms with van der Waals surface area (Å²) < 4.78 is 9.63. The van der Waals surface area contributed by atoms with Crippen LogP contribution < -0.4 is 15.2 Å². The quantitative estimate of drug-likeness (QED) is 0.537. The Balaban J connectivity index is 2.73. The highest BCUT2D eigenvalue weighted by Gasteiger charge is 2.00. The van der Waals surface area contributed by atoms with E-state index >= 15 is 0 Å². The van der Waals surface area contributed by atoms with E-state index in [1.54, 1.807) is 18.2 Å². The van der Waals surface area contributed by atoms with Gasteiger partial charge in [-0.25, -0.2) is 0 Å². The van der Waals surface area contributed by atoms with Gasteiger partial charge in [0.15, 0.2) is 0 Å². The van der Waals surface area contributed by atoms with Crippen molar-refractivity contribution in [1.82, 2.24) is 4.98 Å². The van der Waals surface area contributed by atoms with Crippen molar-refractivity contribution < 1.29 is 14.3 Å². The Morgan fingerprint density at radius 2 is 2.23 bits per heavy atom. The smallest absolute Gasteiger partial charge is 0.309 e. The van der Waals surface area contributed by atoms with Gasteiger partial charge >= 0.3 is 5.97 Å². The molecule has 1 aromatic heterocycles. The van der Waals surface area contributed by atoms with E-state index in [1.165, 1.54) is 6.92 Å². The molecule has 1 rings (SSSR count). The van der Waals surface area contributed by atoms with Crippen LogP contribution in [0.4, 0.5) is 0 Å². The predicted octanol–water partition coefficient (Wildman–Crippen LogP) is 0.302. The molecule has 0 aliphatic carbocycles. The number of ether oxygens (including phenoxy) is 2. The van der Waals surface area contributed by atoms with Crippen LogP contribution in [0.25, 0.3) is 0 Å². The molecule has 2 N–H and O–H groups in total. The monoisotopic (exact) mass is 182 g/mol. The zero-order valence-electron chi connectivity index (χ0n) is 7.19. The van der Waals surface area contributed by atoms with Gasteiger partial charge in [-0.2, -0.15) is 4.98 Å². The lowest BCUT2D eigenvalue weighted by molar-refractivity contribution is -0.132. The van der Waals surface area contributed by atoms with E-state index in [0.29, 0.717) is 5.88 Å². The second-order valence-electron chi connectivity index (χ2n) is 2.22. The molecule has 0 aliphatic heterocycles. The fourth-order valence-electron chi connectivity index (χ4n) is 0.766. The summed E-state index contributed by atoms with van der Waals surface area (Å²) in [4.78, 5) is 14.4. The molecular weight excluding hydrogens is 172 g/mol. The molecule has 0 aliphatic rings. The molecule has 0 saturated heterocycles. The van der Waals surface area contributed by atoms with Crippen LogP contribution in [0, 0.1) is 0 Å². The first kappa shape index (κ1) is 9.47. The van der Waals surface area contributed by atoms with E-state index in [1.807, 2.05) is 0 Å². The minimum atomic E-state index is -0.419. The van der Waals surface area contributed by atoms with Crippen molar-refractivity contribution in [1.29, 1.82) is 0 Å². The molecule has 0 aromatic carbocycles. The van der Waals surface area contributed by atoms with Gasteiger partial charge in [0.25, 0.3) is 0 Å². The minimum absolute atomic E-state index is 0.0382. The van der Waals surface area contributed by atoms with Crippen molar-refractivity contribution in [2.45, 2.75) is 6.92 Å². The molecule has 0 atom stereocenters. The Morgan fingerprint density at radius 1 is 1.54 bits per heavy atom. The van der Waals surface area contributed by atoms with E-state index in [2.05, 4.69) is 4.98 Å². The summed E-state index contributed by atoms with van der Waals surface area (Å²) in [7, 11) is 0. The fraction of sp³-hybridized carbons (Fsp3) is 0.250. The van der Waals surface area contributed by atoms with Crippen LogP contribution in [-0.2, 0) is 4.79 Å². The van der Waals surface area contributed by atoms with Gasteiger partial charge in [-0.15, -0.1) is 0 Å². The molecule has 0 saturated carbocycles. The van der Waals surface area contributed by atoms with E-state index in [4.69, 9.17) is 15.2 Å². The maximum absolute atomic E-state index is 10.6. The summed E-state index contributed by atoms with van der Waals surface area (Å²) in [5.41, 5.74) is 5.14. The number of hydrogen-bond acceptors (Lipinski definition) is 5. The predicted molar refractivity (Wildman–Crippen MR) is 45.2 cm³/mol. The Labute approximate surface area is 75.5 Å². The van der Waals surface area contributed by atoms with Gasteiger partial charge in [-0.1, -0.05) is 6.07 Å². The summed E-state index contributed by atoms with van der Waals surface area (Å²) in [5, 5.41) is 0. The summed E-state index contributed by atoms with van der Waals surface area (Å²) in [5.74, 6) is 0.122. The van der Waals surface area contributed by atoms with E-state index in [0.717, 1.165) is 0 Å². The highest BCUT2D eigenvalue weighted by Crippen LogP contribution is 2.12. The third-order valence-electron chi connectivity index (χ3n) is 1.18. The summed E-state index contributed by atoms with van der Waals surface area (Å²) >= 11 is 0. The van der Waals surface area contributed by atoms with E-state index in [-0.39, 0.29) is 12.6 Å². The molecule has 0 unspecified atom stereocenters. The first-order valence-electron chi connectivity index (χ1n) is 3.70. The maximum atomic E-state index is 10.6. The van der Waals surface area contributed by atoms with Gasteiger partial charge in [-0.05, 0) is 0 Å². The van der Waals surface area contributed by atoms with Gasteiger partial charge in [0.05, 0.1) is 0 Å². The molecule has 70 valence electrons. The Morgan fingerprint density at radius 3 is 2.85 bits per heavy atom. The van der Waals surface area contributed by atoms with Gasteiger partial charge < -0.3 is 9.47 Å². The van der Waals surface area contributed by atoms with Crippen LogP contribution in [0.5, 0.6) is 11.8 Å². The third kappa shape index (κ3) is 3.08. The van der Waals surface area contributed by atoms with Crippen LogP contribution in [0.1, 0.15) is 6.92 Å². The highest BCUT2D eigenvalue weighted by molar-refractivity contribution is 5.68. The lowest BCUT2D eigenvalue weighted by Gasteiger charge is -2.03. The second kappa shape index (κ2) is 4.42.